The van der Waals surface area contributed by atoms with Gasteiger partial charge in [-0.15, -0.1) is 0 Å². The number of nitro groups is 1. The van der Waals surface area contributed by atoms with Gasteiger partial charge in [0.05, 0.1) is 28.8 Å². The van der Waals surface area contributed by atoms with E-state index in [0.29, 0.717) is 42.0 Å². The number of nitrogens with one attached hydrogen (secondary N) is 1. The molecule has 0 bridgehead atoms. The van der Waals surface area contributed by atoms with E-state index >= 15 is 0 Å². The van der Waals surface area contributed by atoms with Crippen LogP contribution in [0.3, 0.4) is 0 Å². The van der Waals surface area contributed by atoms with Crippen LogP contribution in [0.15, 0.2) is 24.5 Å². The molecular weight excluding hydrogens is 357 g/mol. The van der Waals surface area contributed by atoms with Crippen LogP contribution in [0.4, 0.5) is 23.0 Å². The predicted molar refractivity (Wildman–Crippen MR) is 91.5 cm³/mol. The van der Waals surface area contributed by atoms with Crippen molar-refractivity contribution in [3.63, 3.8) is 0 Å². The SMILES string of the molecule is O=[N+]([O-])c1c(Nc2cc(Cl)ccc2Cl)ncnc1N1CCOCC1. The van der Waals surface area contributed by atoms with Gasteiger partial charge >= 0.3 is 5.69 Å². The van der Waals surface area contributed by atoms with Crippen molar-refractivity contribution >= 4 is 46.2 Å². The molecule has 24 heavy (non-hydrogen) atoms. The lowest BCUT2D eigenvalue weighted by Gasteiger charge is -2.27. The fourth-order valence-corrected chi connectivity index (χ4v) is 2.69. The molecule has 2 aromatic rings. The van der Waals surface area contributed by atoms with Crippen LogP contribution in [0.5, 0.6) is 0 Å². The molecule has 10 heteroatoms. The van der Waals surface area contributed by atoms with Gasteiger partial charge in [-0.05, 0) is 18.2 Å². The Morgan fingerprint density at radius 3 is 2.71 bits per heavy atom. The zero-order valence-electron chi connectivity index (χ0n) is 12.4. The highest BCUT2D eigenvalue weighted by atomic mass is 35.5. The van der Waals surface area contributed by atoms with Gasteiger partial charge in [-0.3, -0.25) is 10.1 Å². The maximum atomic E-state index is 11.6. The van der Waals surface area contributed by atoms with E-state index in [1.165, 1.54) is 6.33 Å². The van der Waals surface area contributed by atoms with Gasteiger partial charge in [-0.25, -0.2) is 9.97 Å². The molecule has 1 fully saturated rings. The lowest BCUT2D eigenvalue weighted by Crippen LogP contribution is -2.37. The molecule has 0 aliphatic carbocycles. The fourth-order valence-electron chi connectivity index (χ4n) is 2.36. The second-order valence-electron chi connectivity index (χ2n) is 5.00. The van der Waals surface area contributed by atoms with Crippen LogP contribution in [0.1, 0.15) is 0 Å². The topological polar surface area (TPSA) is 93.4 Å². The third kappa shape index (κ3) is 3.50. The molecule has 1 aliphatic rings. The lowest BCUT2D eigenvalue weighted by atomic mass is 10.3. The molecule has 0 unspecified atom stereocenters. The standard InChI is InChI=1S/C14H13Cl2N5O3/c15-9-1-2-10(16)11(7-9)19-13-12(21(22)23)14(18-8-17-13)20-3-5-24-6-4-20/h1-2,7-8H,3-6H2,(H,17,18,19). The Balaban J connectivity index is 2.01. The number of ether oxygens (including phenoxy) is 1. The molecule has 0 atom stereocenters. The predicted octanol–water partition coefficient (Wildman–Crippen LogP) is 3.27. The van der Waals surface area contributed by atoms with Gasteiger partial charge in [0.1, 0.15) is 6.33 Å². The fraction of sp³-hybridized carbons (Fsp3) is 0.286. The maximum Gasteiger partial charge on any atom is 0.353 e. The Morgan fingerprint density at radius 1 is 1.25 bits per heavy atom. The minimum absolute atomic E-state index is 0.0562. The molecule has 1 aromatic heterocycles. The number of morpholine rings is 1. The van der Waals surface area contributed by atoms with Gasteiger partial charge < -0.3 is 15.0 Å². The van der Waals surface area contributed by atoms with E-state index in [-0.39, 0.29) is 17.3 Å². The molecule has 0 radical (unpaired) electrons. The summed E-state index contributed by atoms with van der Waals surface area (Å²) in [7, 11) is 0. The van der Waals surface area contributed by atoms with Crippen LogP contribution < -0.4 is 10.2 Å². The molecule has 8 nitrogen and oxygen atoms in total. The number of halogens is 2. The van der Waals surface area contributed by atoms with Gasteiger partial charge in [0, 0.05) is 18.1 Å². The number of hydrogen-bond acceptors (Lipinski definition) is 7. The smallest absolute Gasteiger partial charge is 0.353 e. The van der Waals surface area contributed by atoms with Gasteiger partial charge in [0.25, 0.3) is 0 Å². The van der Waals surface area contributed by atoms with Crippen LogP contribution >= 0.6 is 23.2 Å². The summed E-state index contributed by atoms with van der Waals surface area (Å²) in [4.78, 5) is 21.0. The zero-order valence-corrected chi connectivity index (χ0v) is 13.9. The van der Waals surface area contributed by atoms with E-state index in [1.807, 2.05) is 0 Å². The summed E-state index contributed by atoms with van der Waals surface area (Å²) >= 11 is 12.1. The van der Waals surface area contributed by atoms with Crippen LogP contribution in [-0.4, -0.2) is 41.2 Å². The summed E-state index contributed by atoms with van der Waals surface area (Å²) in [5.74, 6) is 0.305. The van der Waals surface area contributed by atoms with Crippen molar-refractivity contribution in [2.24, 2.45) is 0 Å². The number of benzene rings is 1. The maximum absolute atomic E-state index is 11.6. The average molecular weight is 370 g/mol. The van der Waals surface area contributed by atoms with Crippen molar-refractivity contribution in [1.82, 2.24) is 9.97 Å². The Morgan fingerprint density at radius 2 is 2.00 bits per heavy atom. The monoisotopic (exact) mass is 369 g/mol. The first-order chi connectivity index (χ1) is 11.6. The van der Waals surface area contributed by atoms with Gasteiger partial charge in [-0.2, -0.15) is 0 Å². The van der Waals surface area contributed by atoms with Crippen molar-refractivity contribution in [3.05, 3.63) is 44.7 Å². The molecule has 0 saturated carbocycles. The minimum atomic E-state index is -0.508. The second kappa shape index (κ2) is 7.16. The van der Waals surface area contributed by atoms with Crippen molar-refractivity contribution in [1.29, 1.82) is 0 Å². The Hall–Kier alpha value is -2.16. The molecule has 126 valence electrons. The summed E-state index contributed by atoms with van der Waals surface area (Å²) in [6, 6.07) is 4.80. The van der Waals surface area contributed by atoms with E-state index in [2.05, 4.69) is 15.3 Å². The third-order valence-corrected chi connectivity index (χ3v) is 4.04. The zero-order chi connectivity index (χ0) is 17.1. The molecule has 1 saturated heterocycles. The van der Waals surface area contributed by atoms with E-state index in [4.69, 9.17) is 27.9 Å². The van der Waals surface area contributed by atoms with Crippen molar-refractivity contribution in [2.75, 3.05) is 36.5 Å². The Bertz CT molecular complexity index is 768. The molecule has 1 aromatic carbocycles. The van der Waals surface area contributed by atoms with Crippen molar-refractivity contribution in [2.45, 2.75) is 0 Å². The summed E-state index contributed by atoms with van der Waals surface area (Å²) in [5.41, 5.74) is 0.217. The number of aromatic nitrogens is 2. The quantitative estimate of drug-likeness (QED) is 0.652. The van der Waals surface area contributed by atoms with Crippen LogP contribution in [-0.2, 0) is 4.74 Å². The van der Waals surface area contributed by atoms with Crippen molar-refractivity contribution in [3.8, 4) is 0 Å². The van der Waals surface area contributed by atoms with E-state index in [0.717, 1.165) is 0 Å². The normalized spacial score (nSPS) is 14.5. The van der Waals surface area contributed by atoms with Crippen molar-refractivity contribution < 1.29 is 9.66 Å². The first-order valence-corrected chi connectivity index (χ1v) is 7.86. The van der Waals surface area contributed by atoms with Gasteiger partial charge in [-0.1, -0.05) is 23.2 Å². The third-order valence-electron chi connectivity index (χ3n) is 3.48. The lowest BCUT2D eigenvalue weighted by molar-refractivity contribution is -0.383. The molecule has 1 N–H and O–H groups in total. The Kier molecular flexibility index (Phi) is 4.98. The Labute approximate surface area is 147 Å². The number of anilines is 3. The summed E-state index contributed by atoms with van der Waals surface area (Å²) in [5, 5.41) is 15.3. The highest BCUT2D eigenvalue weighted by Crippen LogP contribution is 2.36. The number of rotatable bonds is 4. The highest BCUT2D eigenvalue weighted by molar-refractivity contribution is 6.35. The van der Waals surface area contributed by atoms with E-state index in [9.17, 15) is 10.1 Å². The first-order valence-electron chi connectivity index (χ1n) is 7.10. The minimum Gasteiger partial charge on any atom is -0.378 e. The van der Waals surface area contributed by atoms with Crippen LogP contribution in [0.25, 0.3) is 0 Å². The van der Waals surface area contributed by atoms with E-state index in [1.54, 1.807) is 23.1 Å². The number of hydrogen-bond donors (Lipinski definition) is 1. The summed E-state index contributed by atoms with van der Waals surface area (Å²) in [6.07, 6.45) is 1.28. The molecule has 0 amide bonds. The molecule has 0 spiro atoms. The van der Waals surface area contributed by atoms with E-state index < -0.39 is 4.92 Å². The number of nitrogens with zero attached hydrogens (tertiary/aromatic N) is 4. The second-order valence-corrected chi connectivity index (χ2v) is 5.84. The van der Waals surface area contributed by atoms with Crippen LogP contribution in [0.2, 0.25) is 10.0 Å². The molecule has 2 heterocycles. The highest BCUT2D eigenvalue weighted by Gasteiger charge is 2.28. The van der Waals surface area contributed by atoms with Gasteiger partial charge in [0.15, 0.2) is 0 Å². The largest absolute Gasteiger partial charge is 0.378 e. The summed E-state index contributed by atoms with van der Waals surface area (Å²) < 4.78 is 5.27. The molecule has 1 aliphatic heterocycles. The summed E-state index contributed by atoms with van der Waals surface area (Å²) in [6.45, 7) is 2.03. The first kappa shape index (κ1) is 16.7. The van der Waals surface area contributed by atoms with Gasteiger partial charge in [0.2, 0.25) is 11.6 Å². The average Bonchev–Trinajstić information content (AvgIpc) is 2.58. The molecular formula is C14H13Cl2N5O3. The molecule has 3 rings (SSSR count). The van der Waals surface area contributed by atoms with Crippen LogP contribution in [0, 0.1) is 10.1 Å².